The molecule has 128 valence electrons. The van der Waals surface area contributed by atoms with Gasteiger partial charge in [0.2, 0.25) is 0 Å². The molecule has 6 heteroatoms. The summed E-state index contributed by atoms with van der Waals surface area (Å²) < 4.78 is 9.77. The number of aliphatic hydroxyl groups is 1. The van der Waals surface area contributed by atoms with Gasteiger partial charge in [0.25, 0.3) is 0 Å². The van der Waals surface area contributed by atoms with E-state index in [1.165, 1.54) is 7.11 Å². The van der Waals surface area contributed by atoms with Gasteiger partial charge in [-0.3, -0.25) is 4.79 Å². The van der Waals surface area contributed by atoms with E-state index in [-0.39, 0.29) is 6.42 Å². The maximum atomic E-state index is 12.0. The summed E-state index contributed by atoms with van der Waals surface area (Å²) in [6.45, 7) is 5.26. The number of rotatable bonds is 6. The van der Waals surface area contributed by atoms with Crippen LogP contribution in [0, 0.1) is 0 Å². The molecule has 0 spiro atoms. The second-order valence-corrected chi connectivity index (χ2v) is 6.29. The predicted octanol–water partition coefficient (Wildman–Crippen LogP) is 2.05. The van der Waals surface area contributed by atoms with Crippen LogP contribution in [0.2, 0.25) is 0 Å². The number of aliphatic hydroxyl groups excluding tert-OH is 1. The highest BCUT2D eigenvalue weighted by atomic mass is 16.6. The second-order valence-electron chi connectivity index (χ2n) is 6.29. The number of amides is 1. The molecule has 0 bridgehead atoms. The van der Waals surface area contributed by atoms with Gasteiger partial charge in [-0.15, -0.1) is 0 Å². The fraction of sp³-hybridized carbons (Fsp3) is 0.529. The lowest BCUT2D eigenvalue weighted by Gasteiger charge is -2.26. The van der Waals surface area contributed by atoms with Gasteiger partial charge in [-0.2, -0.15) is 0 Å². The van der Waals surface area contributed by atoms with Crippen molar-refractivity contribution in [1.29, 1.82) is 0 Å². The Morgan fingerprint density at radius 3 is 2.35 bits per heavy atom. The zero-order chi connectivity index (χ0) is 17.5. The number of hydrogen-bond acceptors (Lipinski definition) is 5. The number of esters is 1. The third-order valence-corrected chi connectivity index (χ3v) is 3.07. The fourth-order valence-electron chi connectivity index (χ4n) is 2.01. The van der Waals surface area contributed by atoms with Gasteiger partial charge in [0, 0.05) is 0 Å². The summed E-state index contributed by atoms with van der Waals surface area (Å²) in [6, 6.07) is 8.72. The van der Waals surface area contributed by atoms with Gasteiger partial charge in [-0.05, 0) is 32.8 Å². The molecule has 1 amide bonds. The van der Waals surface area contributed by atoms with Crippen LogP contribution in [0.3, 0.4) is 0 Å². The van der Waals surface area contributed by atoms with Crippen LogP contribution in [0.15, 0.2) is 30.3 Å². The summed E-state index contributed by atoms with van der Waals surface area (Å²) in [4.78, 5) is 23.3. The lowest BCUT2D eigenvalue weighted by molar-refractivity contribution is -0.143. The third kappa shape index (κ3) is 7.65. The van der Waals surface area contributed by atoms with Crippen LogP contribution in [0.1, 0.15) is 32.8 Å². The second kappa shape index (κ2) is 8.53. The average molecular weight is 323 g/mol. The van der Waals surface area contributed by atoms with E-state index in [9.17, 15) is 14.7 Å². The van der Waals surface area contributed by atoms with Crippen molar-refractivity contribution in [2.45, 2.75) is 51.4 Å². The lowest BCUT2D eigenvalue weighted by atomic mass is 9.99. The van der Waals surface area contributed by atoms with Crippen molar-refractivity contribution in [3.8, 4) is 0 Å². The zero-order valence-electron chi connectivity index (χ0n) is 14.0. The summed E-state index contributed by atoms with van der Waals surface area (Å²) in [5, 5.41) is 12.9. The van der Waals surface area contributed by atoms with E-state index >= 15 is 0 Å². The minimum absolute atomic E-state index is 0.205. The summed E-state index contributed by atoms with van der Waals surface area (Å²) in [7, 11) is 1.25. The summed E-state index contributed by atoms with van der Waals surface area (Å²) in [5.74, 6) is -0.540. The van der Waals surface area contributed by atoms with Crippen molar-refractivity contribution in [3.63, 3.8) is 0 Å². The molecular formula is C17H25NO5. The number of methoxy groups -OCH3 is 1. The van der Waals surface area contributed by atoms with Crippen LogP contribution in [-0.2, 0) is 20.7 Å². The summed E-state index contributed by atoms with van der Waals surface area (Å²) in [6.07, 6.45) is -1.54. The molecule has 0 unspecified atom stereocenters. The first kappa shape index (κ1) is 19.0. The molecule has 6 nitrogen and oxygen atoms in total. The third-order valence-electron chi connectivity index (χ3n) is 3.07. The molecule has 1 rings (SSSR count). The van der Waals surface area contributed by atoms with Gasteiger partial charge >= 0.3 is 12.1 Å². The first-order valence-electron chi connectivity index (χ1n) is 7.49. The Bertz CT molecular complexity index is 509. The maximum absolute atomic E-state index is 12.0. The smallest absolute Gasteiger partial charge is 0.407 e. The Morgan fingerprint density at radius 2 is 1.83 bits per heavy atom. The van der Waals surface area contributed by atoms with E-state index in [0.717, 1.165) is 5.56 Å². The SMILES string of the molecule is COC(=O)C[C@@H](O)[C@@H](Cc1ccccc1)NC(=O)OC(C)(C)C. The van der Waals surface area contributed by atoms with Crippen molar-refractivity contribution in [2.75, 3.05) is 7.11 Å². The van der Waals surface area contributed by atoms with Crippen molar-refractivity contribution >= 4 is 12.1 Å². The molecular weight excluding hydrogens is 298 g/mol. The van der Waals surface area contributed by atoms with Gasteiger partial charge in [0.1, 0.15) is 5.60 Å². The Morgan fingerprint density at radius 1 is 1.22 bits per heavy atom. The molecule has 23 heavy (non-hydrogen) atoms. The van der Waals surface area contributed by atoms with Crippen molar-refractivity contribution < 1.29 is 24.2 Å². The Kier molecular flexibility index (Phi) is 7.03. The predicted molar refractivity (Wildman–Crippen MR) is 85.9 cm³/mol. The number of hydrogen-bond donors (Lipinski definition) is 2. The molecule has 1 aromatic rings. The number of nitrogens with one attached hydrogen (secondary N) is 1. The minimum atomic E-state index is -1.07. The molecule has 0 aliphatic carbocycles. The van der Waals surface area contributed by atoms with Crippen LogP contribution in [-0.4, -0.2) is 42.0 Å². The van der Waals surface area contributed by atoms with E-state index in [1.807, 2.05) is 30.3 Å². The highest BCUT2D eigenvalue weighted by Crippen LogP contribution is 2.12. The van der Waals surface area contributed by atoms with Crippen molar-refractivity contribution in [1.82, 2.24) is 5.32 Å². The van der Waals surface area contributed by atoms with E-state index < -0.39 is 29.8 Å². The molecule has 2 atom stereocenters. The molecule has 0 heterocycles. The highest BCUT2D eigenvalue weighted by molar-refractivity contribution is 5.71. The average Bonchev–Trinajstić information content (AvgIpc) is 2.45. The number of alkyl carbamates (subject to hydrolysis) is 1. The van der Waals surface area contributed by atoms with E-state index in [2.05, 4.69) is 10.1 Å². The number of benzene rings is 1. The van der Waals surface area contributed by atoms with Crippen LogP contribution in [0.5, 0.6) is 0 Å². The number of ether oxygens (including phenoxy) is 2. The largest absolute Gasteiger partial charge is 0.469 e. The molecule has 0 radical (unpaired) electrons. The van der Waals surface area contributed by atoms with Crippen molar-refractivity contribution in [2.24, 2.45) is 0 Å². The van der Waals surface area contributed by atoms with Gasteiger partial charge in [-0.1, -0.05) is 30.3 Å². The Labute approximate surface area is 136 Å². The normalized spacial score (nSPS) is 13.8. The first-order valence-corrected chi connectivity index (χ1v) is 7.49. The zero-order valence-corrected chi connectivity index (χ0v) is 14.0. The van der Waals surface area contributed by atoms with E-state index in [1.54, 1.807) is 20.8 Å². The van der Waals surface area contributed by atoms with E-state index in [4.69, 9.17) is 4.74 Å². The minimum Gasteiger partial charge on any atom is -0.469 e. The topological polar surface area (TPSA) is 84.9 Å². The lowest BCUT2D eigenvalue weighted by Crippen LogP contribution is -2.47. The molecule has 0 aliphatic rings. The standard InChI is InChI=1S/C17H25NO5/c1-17(2,3)23-16(21)18-13(14(19)11-15(20)22-4)10-12-8-6-5-7-9-12/h5-9,13-14,19H,10-11H2,1-4H3,(H,18,21)/t13-,14-/m1/s1. The van der Waals surface area contributed by atoms with Gasteiger partial charge < -0.3 is 19.9 Å². The monoisotopic (exact) mass is 323 g/mol. The number of carbonyl (C=O) groups is 2. The summed E-state index contributed by atoms with van der Waals surface area (Å²) >= 11 is 0. The quantitative estimate of drug-likeness (QED) is 0.783. The van der Waals surface area contributed by atoms with Crippen LogP contribution < -0.4 is 5.32 Å². The maximum Gasteiger partial charge on any atom is 0.407 e. The molecule has 2 N–H and O–H groups in total. The molecule has 0 saturated carbocycles. The number of carbonyl (C=O) groups excluding carboxylic acids is 2. The van der Waals surface area contributed by atoms with Crippen LogP contribution in [0.4, 0.5) is 4.79 Å². The molecule has 0 saturated heterocycles. The summed E-state index contributed by atoms with van der Waals surface area (Å²) in [5.41, 5.74) is 0.284. The van der Waals surface area contributed by atoms with Crippen LogP contribution >= 0.6 is 0 Å². The first-order chi connectivity index (χ1) is 10.7. The molecule has 1 aromatic carbocycles. The highest BCUT2D eigenvalue weighted by Gasteiger charge is 2.26. The van der Waals surface area contributed by atoms with Gasteiger partial charge in [-0.25, -0.2) is 4.79 Å². The van der Waals surface area contributed by atoms with Crippen molar-refractivity contribution in [3.05, 3.63) is 35.9 Å². The molecule has 0 aliphatic heterocycles. The molecule has 0 aromatic heterocycles. The Hall–Kier alpha value is -2.08. The molecule has 0 fully saturated rings. The fourth-order valence-corrected chi connectivity index (χ4v) is 2.01. The van der Waals surface area contributed by atoms with Gasteiger partial charge in [0.15, 0.2) is 0 Å². The Balaban J connectivity index is 2.79. The van der Waals surface area contributed by atoms with E-state index in [0.29, 0.717) is 6.42 Å². The van der Waals surface area contributed by atoms with Gasteiger partial charge in [0.05, 0.1) is 25.7 Å². The van der Waals surface area contributed by atoms with Crippen LogP contribution in [0.25, 0.3) is 0 Å².